The molecule has 0 saturated carbocycles. The van der Waals surface area contributed by atoms with Gasteiger partial charge < -0.3 is 15.8 Å². The van der Waals surface area contributed by atoms with E-state index < -0.39 is 7.12 Å². The van der Waals surface area contributed by atoms with E-state index in [0.29, 0.717) is 0 Å². The highest BCUT2D eigenvalue weighted by Crippen LogP contribution is 1.97. The largest absolute Gasteiger partial charge is 0.492 e. The summed E-state index contributed by atoms with van der Waals surface area (Å²) in [5.41, 5.74) is 5.57. The van der Waals surface area contributed by atoms with Gasteiger partial charge in [-0.3, -0.25) is 0 Å². The molecule has 0 saturated heterocycles. The zero-order chi connectivity index (χ0) is 9.14. The Labute approximate surface area is 69.2 Å². The average Bonchev–Trinajstić information content (AvgIpc) is 2.03. The average molecular weight is 163 g/mol. The molecule has 60 valence electrons. The zero-order valence-corrected chi connectivity index (χ0v) is 6.10. The molecule has 0 aliphatic rings. The van der Waals surface area contributed by atoms with Gasteiger partial charge in [-0.25, -0.2) is 4.98 Å². The fourth-order valence-corrected chi connectivity index (χ4v) is 0.766. The first kappa shape index (κ1) is 8.52. The van der Waals surface area contributed by atoms with Crippen LogP contribution >= 0.6 is 0 Å². The van der Waals surface area contributed by atoms with Crippen molar-refractivity contribution in [1.82, 2.24) is 4.98 Å². The predicted octanol–water partition coefficient (Wildman–Crippen LogP) is -1.78. The van der Waals surface area contributed by atoms with Crippen molar-refractivity contribution in [2.24, 2.45) is 0 Å². The number of pyridine rings is 1. The second-order valence-electron chi connectivity index (χ2n) is 2.16. The van der Waals surface area contributed by atoms with E-state index in [1.54, 1.807) is 6.07 Å². The maximum atomic E-state index is 8.72. The summed E-state index contributed by atoms with van der Waals surface area (Å²) in [5, 5.41) is 25.8. The van der Waals surface area contributed by atoms with E-state index in [0.717, 1.165) is 0 Å². The predicted molar refractivity (Wildman–Crippen MR) is 43.2 cm³/mol. The smallest absolute Gasteiger partial charge is 0.423 e. The van der Waals surface area contributed by atoms with E-state index in [2.05, 4.69) is 4.98 Å². The summed E-state index contributed by atoms with van der Waals surface area (Å²) in [6, 6.07) is 4.50. The van der Waals surface area contributed by atoms with Crippen molar-refractivity contribution in [2.45, 2.75) is 0 Å². The highest BCUT2D eigenvalue weighted by molar-refractivity contribution is 6.60. The van der Waals surface area contributed by atoms with Crippen molar-refractivity contribution >= 4 is 18.4 Å². The van der Waals surface area contributed by atoms with E-state index in [4.69, 9.17) is 21.0 Å². The molecule has 0 aliphatic heterocycles. The van der Waals surface area contributed by atoms with Crippen molar-refractivity contribution < 1.29 is 10.0 Å². The van der Waals surface area contributed by atoms with Gasteiger partial charge in [0.25, 0.3) is 0 Å². The first-order valence-electron chi connectivity index (χ1n) is 3.18. The Kier molecular flexibility index (Phi) is 2.28. The Morgan fingerprint density at radius 3 is 2.58 bits per heavy atom. The van der Waals surface area contributed by atoms with Crippen molar-refractivity contribution in [2.75, 3.05) is 5.73 Å². The van der Waals surface area contributed by atoms with Crippen LogP contribution < -0.4 is 11.2 Å². The molecule has 6 heteroatoms. The van der Waals surface area contributed by atoms with Crippen LogP contribution in [0.3, 0.4) is 0 Å². The van der Waals surface area contributed by atoms with E-state index in [-0.39, 0.29) is 17.0 Å². The van der Waals surface area contributed by atoms with E-state index in [1.807, 2.05) is 0 Å². The molecule has 0 spiro atoms. The van der Waals surface area contributed by atoms with Gasteiger partial charge in [0.2, 0.25) is 0 Å². The Morgan fingerprint density at radius 2 is 2.17 bits per heavy atom. The second kappa shape index (κ2) is 3.22. The van der Waals surface area contributed by atoms with Crippen LogP contribution in [0.15, 0.2) is 12.1 Å². The van der Waals surface area contributed by atoms with Gasteiger partial charge in [0.05, 0.1) is 0 Å². The SMILES string of the molecule is N#Cc1ccc(B(O)O)c(N)n1. The molecule has 0 aromatic carbocycles. The van der Waals surface area contributed by atoms with Crippen LogP contribution in [-0.4, -0.2) is 22.2 Å². The highest BCUT2D eigenvalue weighted by atomic mass is 16.4. The Bertz CT molecular complexity index is 334. The molecule has 0 aliphatic carbocycles. The quantitative estimate of drug-likeness (QED) is 0.424. The molecule has 0 atom stereocenters. The second-order valence-corrected chi connectivity index (χ2v) is 2.16. The summed E-state index contributed by atoms with van der Waals surface area (Å²) in [6.45, 7) is 0. The molecule has 1 heterocycles. The lowest BCUT2D eigenvalue weighted by Gasteiger charge is -2.01. The van der Waals surface area contributed by atoms with Crippen molar-refractivity contribution in [3.63, 3.8) is 0 Å². The van der Waals surface area contributed by atoms with Crippen LogP contribution in [0.2, 0.25) is 0 Å². The monoisotopic (exact) mass is 163 g/mol. The van der Waals surface area contributed by atoms with Gasteiger partial charge in [-0.1, -0.05) is 6.07 Å². The first-order valence-corrected chi connectivity index (χ1v) is 3.18. The van der Waals surface area contributed by atoms with Crippen molar-refractivity contribution in [1.29, 1.82) is 5.26 Å². The minimum absolute atomic E-state index is 0.0379. The van der Waals surface area contributed by atoms with Gasteiger partial charge in [0.1, 0.15) is 17.6 Å². The summed E-state index contributed by atoms with van der Waals surface area (Å²) in [4.78, 5) is 3.61. The van der Waals surface area contributed by atoms with Crippen LogP contribution in [-0.2, 0) is 0 Å². The molecule has 12 heavy (non-hydrogen) atoms. The molecule has 1 aromatic rings. The molecule has 0 unspecified atom stereocenters. The Morgan fingerprint density at radius 1 is 1.50 bits per heavy atom. The topological polar surface area (TPSA) is 103 Å². The third-order valence-corrected chi connectivity index (χ3v) is 1.35. The van der Waals surface area contributed by atoms with Gasteiger partial charge >= 0.3 is 7.12 Å². The summed E-state index contributed by atoms with van der Waals surface area (Å²) < 4.78 is 0. The summed E-state index contributed by atoms with van der Waals surface area (Å²) in [7, 11) is -1.65. The van der Waals surface area contributed by atoms with E-state index in [9.17, 15) is 0 Å². The molecule has 4 N–H and O–H groups in total. The minimum atomic E-state index is -1.65. The lowest BCUT2D eigenvalue weighted by molar-refractivity contribution is 0.426. The number of nitrogens with zero attached hydrogens (tertiary/aromatic N) is 2. The lowest BCUT2D eigenvalue weighted by atomic mass is 9.80. The number of aromatic nitrogens is 1. The summed E-state index contributed by atoms with van der Waals surface area (Å²) in [6.07, 6.45) is 0. The molecule has 1 rings (SSSR count). The van der Waals surface area contributed by atoms with E-state index in [1.165, 1.54) is 12.1 Å². The number of hydrogen-bond acceptors (Lipinski definition) is 5. The molecular weight excluding hydrogens is 157 g/mol. The van der Waals surface area contributed by atoms with Gasteiger partial charge in [0.15, 0.2) is 0 Å². The fourth-order valence-electron chi connectivity index (χ4n) is 0.766. The number of anilines is 1. The normalized spacial score (nSPS) is 9.08. The number of nitrogens with two attached hydrogens (primary N) is 1. The number of nitriles is 1. The van der Waals surface area contributed by atoms with Crippen LogP contribution in [0.25, 0.3) is 0 Å². The Hall–Kier alpha value is -1.58. The maximum absolute atomic E-state index is 8.72. The number of rotatable bonds is 1. The van der Waals surface area contributed by atoms with Crippen LogP contribution in [0.1, 0.15) is 5.69 Å². The molecule has 1 aromatic heterocycles. The molecule has 0 amide bonds. The molecular formula is C6H6BN3O2. The standard InChI is InChI=1S/C6H6BN3O2/c8-3-4-1-2-5(7(11)12)6(9)10-4/h1-2,11-12H,(H2,9,10). The maximum Gasteiger partial charge on any atom is 0.492 e. The zero-order valence-electron chi connectivity index (χ0n) is 6.10. The molecule has 5 nitrogen and oxygen atoms in total. The lowest BCUT2D eigenvalue weighted by Crippen LogP contribution is -2.33. The Balaban J connectivity index is 3.14. The molecule has 0 bridgehead atoms. The van der Waals surface area contributed by atoms with Crippen molar-refractivity contribution in [3.05, 3.63) is 17.8 Å². The van der Waals surface area contributed by atoms with Crippen molar-refractivity contribution in [3.8, 4) is 6.07 Å². The van der Waals surface area contributed by atoms with Crippen LogP contribution in [0.5, 0.6) is 0 Å². The fraction of sp³-hybridized carbons (Fsp3) is 0. The summed E-state index contributed by atoms with van der Waals surface area (Å²) >= 11 is 0. The van der Waals surface area contributed by atoms with Gasteiger partial charge in [-0.05, 0) is 6.07 Å². The molecule has 0 fully saturated rings. The van der Waals surface area contributed by atoms with Crippen LogP contribution in [0.4, 0.5) is 5.82 Å². The van der Waals surface area contributed by atoms with Crippen LogP contribution in [0, 0.1) is 11.3 Å². The number of hydrogen-bond donors (Lipinski definition) is 3. The highest BCUT2D eigenvalue weighted by Gasteiger charge is 2.15. The first-order chi connectivity index (χ1) is 5.65. The number of nitrogen functional groups attached to an aromatic ring is 1. The minimum Gasteiger partial charge on any atom is -0.423 e. The third kappa shape index (κ3) is 1.53. The van der Waals surface area contributed by atoms with Gasteiger partial charge in [-0.15, -0.1) is 0 Å². The van der Waals surface area contributed by atoms with Gasteiger partial charge in [-0.2, -0.15) is 5.26 Å². The van der Waals surface area contributed by atoms with Gasteiger partial charge in [0, 0.05) is 5.46 Å². The van der Waals surface area contributed by atoms with E-state index >= 15 is 0 Å². The molecule has 0 radical (unpaired) electrons. The third-order valence-electron chi connectivity index (χ3n) is 1.35. The summed E-state index contributed by atoms with van der Waals surface area (Å²) in [5.74, 6) is -0.0379.